The first-order valence-electron chi connectivity index (χ1n) is 6.48. The van der Waals surface area contributed by atoms with E-state index >= 15 is 0 Å². The normalized spacial score (nSPS) is 11.2. The standard InChI is InChI=1S/C18H11ClO/c19-16-7-8-17-15(10-16)11-18(20-17)14-6-5-12-3-1-2-4-13(12)9-14/h1-11H. The highest BCUT2D eigenvalue weighted by Gasteiger charge is 2.07. The molecule has 0 unspecified atom stereocenters. The summed E-state index contributed by atoms with van der Waals surface area (Å²) < 4.78 is 5.90. The molecule has 1 heterocycles. The van der Waals surface area contributed by atoms with E-state index in [2.05, 4.69) is 30.3 Å². The van der Waals surface area contributed by atoms with E-state index in [1.165, 1.54) is 10.8 Å². The first-order valence-corrected chi connectivity index (χ1v) is 6.86. The molecule has 0 saturated carbocycles. The van der Waals surface area contributed by atoms with Crippen LogP contribution in [-0.2, 0) is 0 Å². The van der Waals surface area contributed by atoms with Crippen molar-refractivity contribution in [1.29, 1.82) is 0 Å². The van der Waals surface area contributed by atoms with Gasteiger partial charge in [-0.15, -0.1) is 0 Å². The SMILES string of the molecule is Clc1ccc2oc(-c3ccc4ccccc4c3)cc2c1. The number of halogens is 1. The van der Waals surface area contributed by atoms with E-state index in [4.69, 9.17) is 16.0 Å². The molecule has 0 aliphatic carbocycles. The fourth-order valence-electron chi connectivity index (χ4n) is 2.50. The van der Waals surface area contributed by atoms with Gasteiger partial charge in [0.05, 0.1) is 0 Å². The van der Waals surface area contributed by atoms with Crippen LogP contribution >= 0.6 is 11.6 Å². The molecular weight excluding hydrogens is 268 g/mol. The zero-order valence-corrected chi connectivity index (χ0v) is 11.4. The third-order valence-electron chi connectivity index (χ3n) is 3.51. The van der Waals surface area contributed by atoms with Gasteiger partial charge in [0.15, 0.2) is 0 Å². The van der Waals surface area contributed by atoms with E-state index in [1.807, 2.05) is 36.4 Å². The molecule has 0 N–H and O–H groups in total. The Bertz CT molecular complexity index is 921. The summed E-state index contributed by atoms with van der Waals surface area (Å²) in [4.78, 5) is 0. The smallest absolute Gasteiger partial charge is 0.135 e. The maximum Gasteiger partial charge on any atom is 0.135 e. The number of rotatable bonds is 1. The molecule has 20 heavy (non-hydrogen) atoms. The Morgan fingerprint density at radius 2 is 1.55 bits per heavy atom. The Labute approximate surface area is 121 Å². The Hall–Kier alpha value is -2.25. The largest absolute Gasteiger partial charge is 0.456 e. The molecule has 0 aliphatic rings. The second-order valence-corrected chi connectivity index (χ2v) is 5.29. The van der Waals surface area contributed by atoms with Crippen molar-refractivity contribution in [2.45, 2.75) is 0 Å². The van der Waals surface area contributed by atoms with Crippen LogP contribution in [0.1, 0.15) is 0 Å². The summed E-state index contributed by atoms with van der Waals surface area (Å²) in [6, 6.07) is 22.4. The number of furan rings is 1. The molecule has 0 atom stereocenters. The fraction of sp³-hybridized carbons (Fsp3) is 0. The van der Waals surface area contributed by atoms with E-state index in [1.54, 1.807) is 0 Å². The van der Waals surface area contributed by atoms with Gasteiger partial charge < -0.3 is 4.42 Å². The highest BCUT2D eigenvalue weighted by atomic mass is 35.5. The lowest BCUT2D eigenvalue weighted by molar-refractivity contribution is 0.631. The van der Waals surface area contributed by atoms with Crippen molar-refractivity contribution in [3.8, 4) is 11.3 Å². The van der Waals surface area contributed by atoms with Gasteiger partial charge in [0, 0.05) is 16.0 Å². The van der Waals surface area contributed by atoms with Crippen molar-refractivity contribution >= 4 is 33.3 Å². The molecule has 3 aromatic carbocycles. The quantitative estimate of drug-likeness (QED) is 0.422. The Morgan fingerprint density at radius 1 is 0.700 bits per heavy atom. The second kappa shape index (κ2) is 4.39. The Balaban J connectivity index is 1.91. The molecule has 0 spiro atoms. The molecule has 0 aliphatic heterocycles. The maximum absolute atomic E-state index is 6.01. The van der Waals surface area contributed by atoms with E-state index in [0.717, 1.165) is 27.3 Å². The molecule has 1 nitrogen and oxygen atoms in total. The van der Waals surface area contributed by atoms with Gasteiger partial charge in [-0.05, 0) is 41.1 Å². The van der Waals surface area contributed by atoms with Crippen molar-refractivity contribution in [2.75, 3.05) is 0 Å². The Kier molecular flexibility index (Phi) is 2.54. The molecule has 0 amide bonds. The molecule has 1 aromatic heterocycles. The third-order valence-corrected chi connectivity index (χ3v) is 3.75. The minimum absolute atomic E-state index is 0.725. The minimum atomic E-state index is 0.725. The molecule has 0 bridgehead atoms. The maximum atomic E-state index is 6.01. The zero-order chi connectivity index (χ0) is 13.5. The molecular formula is C18H11ClO. The van der Waals surface area contributed by atoms with Crippen LogP contribution < -0.4 is 0 Å². The molecule has 4 aromatic rings. The fourth-order valence-corrected chi connectivity index (χ4v) is 2.68. The van der Waals surface area contributed by atoms with Gasteiger partial charge in [-0.2, -0.15) is 0 Å². The van der Waals surface area contributed by atoms with E-state index in [9.17, 15) is 0 Å². The van der Waals surface area contributed by atoms with Gasteiger partial charge in [0.25, 0.3) is 0 Å². The first kappa shape index (κ1) is 11.6. The van der Waals surface area contributed by atoms with Crippen LogP contribution in [-0.4, -0.2) is 0 Å². The monoisotopic (exact) mass is 278 g/mol. The van der Waals surface area contributed by atoms with Crippen molar-refractivity contribution in [3.05, 3.63) is 71.8 Å². The lowest BCUT2D eigenvalue weighted by Crippen LogP contribution is -1.75. The van der Waals surface area contributed by atoms with Gasteiger partial charge in [0.2, 0.25) is 0 Å². The van der Waals surface area contributed by atoms with Crippen molar-refractivity contribution in [3.63, 3.8) is 0 Å². The number of hydrogen-bond acceptors (Lipinski definition) is 1. The van der Waals surface area contributed by atoms with Crippen LogP contribution in [0.2, 0.25) is 5.02 Å². The van der Waals surface area contributed by atoms with Crippen LogP contribution in [0.15, 0.2) is 71.1 Å². The third kappa shape index (κ3) is 1.87. The van der Waals surface area contributed by atoms with Gasteiger partial charge in [-0.3, -0.25) is 0 Å². The molecule has 0 fully saturated rings. The minimum Gasteiger partial charge on any atom is -0.456 e. The molecule has 96 valence electrons. The van der Waals surface area contributed by atoms with Gasteiger partial charge in [0.1, 0.15) is 11.3 Å². The number of fused-ring (bicyclic) bond motifs is 2. The van der Waals surface area contributed by atoms with Crippen LogP contribution in [0.4, 0.5) is 0 Å². The number of benzene rings is 3. The van der Waals surface area contributed by atoms with Crippen LogP contribution in [0.5, 0.6) is 0 Å². The first-order chi connectivity index (χ1) is 9.79. The summed E-state index contributed by atoms with van der Waals surface area (Å²) in [6.45, 7) is 0. The van der Waals surface area contributed by atoms with Crippen LogP contribution in [0.3, 0.4) is 0 Å². The summed E-state index contributed by atoms with van der Waals surface area (Å²) in [5, 5.41) is 4.20. The topological polar surface area (TPSA) is 13.1 Å². The van der Waals surface area contributed by atoms with E-state index in [-0.39, 0.29) is 0 Å². The van der Waals surface area contributed by atoms with E-state index in [0.29, 0.717) is 0 Å². The van der Waals surface area contributed by atoms with E-state index < -0.39 is 0 Å². The summed E-state index contributed by atoms with van der Waals surface area (Å²) >= 11 is 6.01. The predicted octanol–water partition coefficient (Wildman–Crippen LogP) is 5.91. The molecule has 4 rings (SSSR count). The average molecular weight is 279 g/mol. The predicted molar refractivity (Wildman–Crippen MR) is 84.2 cm³/mol. The number of hydrogen-bond donors (Lipinski definition) is 0. The van der Waals surface area contributed by atoms with Crippen molar-refractivity contribution in [2.24, 2.45) is 0 Å². The molecule has 0 saturated heterocycles. The molecule has 0 radical (unpaired) electrons. The summed E-state index contributed by atoms with van der Waals surface area (Å²) in [5.74, 6) is 0.869. The van der Waals surface area contributed by atoms with Gasteiger partial charge >= 0.3 is 0 Å². The lowest BCUT2D eigenvalue weighted by atomic mass is 10.1. The average Bonchev–Trinajstić information content (AvgIpc) is 2.89. The highest BCUT2D eigenvalue weighted by molar-refractivity contribution is 6.31. The summed E-state index contributed by atoms with van der Waals surface area (Å²) in [6.07, 6.45) is 0. The lowest BCUT2D eigenvalue weighted by Gasteiger charge is -2.00. The zero-order valence-electron chi connectivity index (χ0n) is 10.6. The highest BCUT2D eigenvalue weighted by Crippen LogP contribution is 2.31. The van der Waals surface area contributed by atoms with Crippen molar-refractivity contribution < 1.29 is 4.42 Å². The van der Waals surface area contributed by atoms with Gasteiger partial charge in [-0.25, -0.2) is 0 Å². The van der Waals surface area contributed by atoms with Crippen molar-refractivity contribution in [1.82, 2.24) is 0 Å². The summed E-state index contributed by atoms with van der Waals surface area (Å²) in [7, 11) is 0. The summed E-state index contributed by atoms with van der Waals surface area (Å²) in [5.41, 5.74) is 1.94. The second-order valence-electron chi connectivity index (χ2n) is 4.85. The van der Waals surface area contributed by atoms with Crippen LogP contribution in [0.25, 0.3) is 33.1 Å². The Morgan fingerprint density at radius 3 is 2.45 bits per heavy atom. The van der Waals surface area contributed by atoms with Gasteiger partial charge in [-0.1, -0.05) is 48.0 Å². The molecule has 2 heteroatoms. The van der Waals surface area contributed by atoms with Crippen LogP contribution in [0, 0.1) is 0 Å².